The number of hydrogen-bond donors (Lipinski definition) is 2. The van der Waals surface area contributed by atoms with Crippen LogP contribution in [0.3, 0.4) is 0 Å². The third-order valence-electron chi connectivity index (χ3n) is 4.13. The number of sulfone groups is 1. The molecule has 0 radical (unpaired) electrons. The molecule has 33 heavy (non-hydrogen) atoms. The van der Waals surface area contributed by atoms with Gasteiger partial charge >= 0.3 is 0 Å². The fourth-order valence-electron chi connectivity index (χ4n) is 2.77. The van der Waals surface area contributed by atoms with Gasteiger partial charge in [0.15, 0.2) is 14.9 Å². The molecule has 0 saturated heterocycles. The molecule has 0 bridgehead atoms. The summed E-state index contributed by atoms with van der Waals surface area (Å²) in [6.45, 7) is 5.13. The van der Waals surface area contributed by atoms with E-state index in [1.807, 2.05) is 13.8 Å². The van der Waals surface area contributed by atoms with Crippen molar-refractivity contribution in [3.63, 3.8) is 0 Å². The van der Waals surface area contributed by atoms with Crippen LogP contribution in [0.25, 0.3) is 11.3 Å². The average Bonchev–Trinajstić information content (AvgIpc) is 2.73. The van der Waals surface area contributed by atoms with Crippen molar-refractivity contribution < 1.29 is 22.7 Å². The number of carbonyl (C=O) groups is 1. The van der Waals surface area contributed by atoms with Crippen molar-refractivity contribution in [1.82, 2.24) is 20.2 Å². The number of aromatic nitrogens is 4. The molecule has 12 heteroatoms. The maximum Gasteiger partial charge on any atom is 0.233 e. The standard InChI is InChI=1S/C21H24N6O5S/c1-12(2)32-20-7-6-16(26-27-20)15-11-22-18(23-13(3)28)10-17(15)24-19-8-14(31-4)9-21(25-19)33(5,29)30/h6-12H,1-5H3,(H2,22,23,24,25,28). The lowest BCUT2D eigenvalue weighted by atomic mass is 10.1. The Morgan fingerprint density at radius 3 is 2.42 bits per heavy atom. The molecule has 3 aromatic rings. The highest BCUT2D eigenvalue weighted by molar-refractivity contribution is 7.90. The predicted octanol–water partition coefficient (Wildman–Crippen LogP) is 2.83. The van der Waals surface area contributed by atoms with E-state index in [4.69, 9.17) is 9.47 Å². The van der Waals surface area contributed by atoms with Crippen LogP contribution >= 0.6 is 0 Å². The molecule has 0 fully saturated rings. The van der Waals surface area contributed by atoms with E-state index in [0.29, 0.717) is 28.6 Å². The number of pyridine rings is 2. The quantitative estimate of drug-likeness (QED) is 0.502. The van der Waals surface area contributed by atoms with Crippen LogP contribution in [-0.2, 0) is 14.6 Å². The molecule has 1 amide bonds. The zero-order valence-corrected chi connectivity index (χ0v) is 19.6. The summed E-state index contributed by atoms with van der Waals surface area (Å²) in [5, 5.41) is 13.8. The van der Waals surface area contributed by atoms with Gasteiger partial charge in [-0.15, -0.1) is 10.2 Å². The molecular formula is C21H24N6O5S. The zero-order chi connectivity index (χ0) is 24.2. The molecule has 0 atom stereocenters. The van der Waals surface area contributed by atoms with Gasteiger partial charge in [0.25, 0.3) is 0 Å². The highest BCUT2D eigenvalue weighted by Gasteiger charge is 2.16. The second-order valence-corrected chi connectivity index (χ2v) is 9.31. The second kappa shape index (κ2) is 9.77. The topological polar surface area (TPSA) is 145 Å². The van der Waals surface area contributed by atoms with Gasteiger partial charge in [-0.1, -0.05) is 0 Å². The Bertz CT molecular complexity index is 1260. The lowest BCUT2D eigenvalue weighted by molar-refractivity contribution is -0.114. The molecule has 0 aliphatic carbocycles. The fraction of sp³-hybridized carbons (Fsp3) is 0.286. The Hall–Kier alpha value is -3.80. The Morgan fingerprint density at radius 2 is 1.85 bits per heavy atom. The number of amides is 1. The number of anilines is 3. The first-order chi connectivity index (χ1) is 15.5. The van der Waals surface area contributed by atoms with Gasteiger partial charge in [0.1, 0.15) is 17.4 Å². The highest BCUT2D eigenvalue weighted by atomic mass is 32.2. The molecule has 0 aliphatic heterocycles. The molecule has 3 rings (SSSR count). The van der Waals surface area contributed by atoms with Gasteiger partial charge in [-0.25, -0.2) is 18.4 Å². The van der Waals surface area contributed by atoms with Crippen LogP contribution in [0, 0.1) is 0 Å². The molecule has 0 spiro atoms. The number of methoxy groups -OCH3 is 1. The maximum absolute atomic E-state index is 12.0. The second-order valence-electron chi connectivity index (χ2n) is 7.35. The van der Waals surface area contributed by atoms with Crippen LogP contribution in [0.2, 0.25) is 0 Å². The van der Waals surface area contributed by atoms with Crippen LogP contribution in [0.15, 0.2) is 41.6 Å². The third-order valence-corrected chi connectivity index (χ3v) is 5.10. The van der Waals surface area contributed by atoms with Crippen molar-refractivity contribution >= 4 is 33.1 Å². The summed E-state index contributed by atoms with van der Waals surface area (Å²) >= 11 is 0. The molecule has 0 unspecified atom stereocenters. The van der Waals surface area contributed by atoms with E-state index >= 15 is 0 Å². The molecule has 3 heterocycles. The summed E-state index contributed by atoms with van der Waals surface area (Å²) in [6, 6.07) is 7.85. The molecule has 0 aromatic carbocycles. The van der Waals surface area contributed by atoms with Crippen molar-refractivity contribution in [3.05, 3.63) is 36.5 Å². The Morgan fingerprint density at radius 1 is 1.09 bits per heavy atom. The molecular weight excluding hydrogens is 448 g/mol. The first-order valence-corrected chi connectivity index (χ1v) is 11.8. The minimum Gasteiger partial charge on any atom is -0.497 e. The van der Waals surface area contributed by atoms with Gasteiger partial charge < -0.3 is 20.1 Å². The molecule has 0 saturated carbocycles. The van der Waals surface area contributed by atoms with Crippen LogP contribution in [-0.4, -0.2) is 54.0 Å². The largest absolute Gasteiger partial charge is 0.497 e. The lowest BCUT2D eigenvalue weighted by Gasteiger charge is -2.14. The van der Waals surface area contributed by atoms with Gasteiger partial charge in [0.05, 0.1) is 24.6 Å². The Kier molecular flexibility index (Phi) is 7.07. The van der Waals surface area contributed by atoms with E-state index in [1.165, 1.54) is 26.3 Å². The molecule has 0 aliphatic rings. The Balaban J connectivity index is 2.06. The summed E-state index contributed by atoms with van der Waals surface area (Å²) in [7, 11) is -2.16. The molecule has 3 aromatic heterocycles. The van der Waals surface area contributed by atoms with E-state index in [0.717, 1.165) is 6.26 Å². The van der Waals surface area contributed by atoms with Crippen molar-refractivity contribution in [3.8, 4) is 22.9 Å². The van der Waals surface area contributed by atoms with Crippen LogP contribution in [0.1, 0.15) is 20.8 Å². The number of nitrogens with one attached hydrogen (secondary N) is 2. The summed E-state index contributed by atoms with van der Waals surface area (Å²) in [4.78, 5) is 19.9. The van der Waals surface area contributed by atoms with Gasteiger partial charge in [0.2, 0.25) is 11.8 Å². The average molecular weight is 473 g/mol. The molecule has 174 valence electrons. The smallest absolute Gasteiger partial charge is 0.233 e. The molecule has 11 nitrogen and oxygen atoms in total. The summed E-state index contributed by atoms with van der Waals surface area (Å²) < 4.78 is 34.8. The van der Waals surface area contributed by atoms with Gasteiger partial charge in [-0.2, -0.15) is 0 Å². The van der Waals surface area contributed by atoms with Crippen LogP contribution in [0.4, 0.5) is 17.3 Å². The number of ether oxygens (including phenoxy) is 2. The summed E-state index contributed by atoms with van der Waals surface area (Å²) in [6.07, 6.45) is 2.52. The van der Waals surface area contributed by atoms with Crippen molar-refractivity contribution in [2.24, 2.45) is 0 Å². The number of hydrogen-bond acceptors (Lipinski definition) is 10. The van der Waals surface area contributed by atoms with E-state index in [1.54, 1.807) is 24.3 Å². The van der Waals surface area contributed by atoms with E-state index < -0.39 is 9.84 Å². The van der Waals surface area contributed by atoms with E-state index in [9.17, 15) is 13.2 Å². The zero-order valence-electron chi connectivity index (χ0n) is 18.8. The summed E-state index contributed by atoms with van der Waals surface area (Å²) in [5.41, 5.74) is 1.47. The Labute approximate surface area is 191 Å². The lowest BCUT2D eigenvalue weighted by Crippen LogP contribution is -2.09. The monoisotopic (exact) mass is 472 g/mol. The van der Waals surface area contributed by atoms with E-state index in [-0.39, 0.29) is 28.7 Å². The van der Waals surface area contributed by atoms with Crippen LogP contribution < -0.4 is 20.1 Å². The number of rotatable bonds is 8. The fourth-order valence-corrected chi connectivity index (χ4v) is 3.37. The minimum atomic E-state index is -3.59. The third kappa shape index (κ3) is 6.35. The van der Waals surface area contributed by atoms with Crippen LogP contribution in [0.5, 0.6) is 11.6 Å². The normalized spacial score (nSPS) is 11.2. The molecule has 2 N–H and O–H groups in total. The van der Waals surface area contributed by atoms with Gasteiger partial charge in [-0.05, 0) is 19.9 Å². The predicted molar refractivity (Wildman–Crippen MR) is 123 cm³/mol. The number of nitrogens with zero attached hydrogens (tertiary/aromatic N) is 4. The maximum atomic E-state index is 12.0. The SMILES string of the molecule is COc1cc(Nc2cc(NC(C)=O)ncc2-c2ccc(OC(C)C)nn2)nc(S(C)(=O)=O)c1. The first-order valence-electron chi connectivity index (χ1n) is 9.86. The highest BCUT2D eigenvalue weighted by Crippen LogP contribution is 2.32. The van der Waals surface area contributed by atoms with E-state index in [2.05, 4.69) is 30.8 Å². The minimum absolute atomic E-state index is 0.0517. The van der Waals surface area contributed by atoms with Gasteiger partial charge in [0, 0.05) is 49.2 Å². The number of carbonyl (C=O) groups excluding carboxylic acids is 1. The van der Waals surface area contributed by atoms with Crippen molar-refractivity contribution in [2.45, 2.75) is 31.9 Å². The van der Waals surface area contributed by atoms with Crippen molar-refractivity contribution in [2.75, 3.05) is 24.0 Å². The summed E-state index contributed by atoms with van der Waals surface area (Å²) in [5.74, 6) is 0.880. The first kappa shape index (κ1) is 23.9. The van der Waals surface area contributed by atoms with Gasteiger partial charge in [-0.3, -0.25) is 4.79 Å². The van der Waals surface area contributed by atoms with Crippen molar-refractivity contribution in [1.29, 1.82) is 0 Å².